The van der Waals surface area contributed by atoms with Gasteiger partial charge < -0.3 is 4.98 Å². The van der Waals surface area contributed by atoms with Gasteiger partial charge >= 0.3 is 0 Å². The van der Waals surface area contributed by atoms with E-state index in [1.807, 2.05) is 60.7 Å². The summed E-state index contributed by atoms with van der Waals surface area (Å²) in [6, 6.07) is 43.5. The third-order valence-corrected chi connectivity index (χ3v) is 6.09. The van der Waals surface area contributed by atoms with E-state index >= 15 is 0 Å². The van der Waals surface area contributed by atoms with Gasteiger partial charge in [0.05, 0.1) is 5.71 Å². The molecule has 1 aliphatic rings. The molecule has 5 aromatic rings. The first-order valence-corrected chi connectivity index (χ1v) is 11.7. The molecule has 2 heterocycles. The first-order chi connectivity index (χ1) is 17.3. The number of nitrogens with zero attached hydrogens (tertiary/aromatic N) is 2. The molecule has 6 rings (SSSR count). The summed E-state index contributed by atoms with van der Waals surface area (Å²) in [4.78, 5) is 13.7. The Bertz CT molecular complexity index is 1540. The number of benzene rings is 4. The van der Waals surface area contributed by atoms with Crippen LogP contribution in [0.3, 0.4) is 0 Å². The van der Waals surface area contributed by atoms with Crippen molar-refractivity contribution < 1.29 is 0 Å². The van der Waals surface area contributed by atoms with Crippen LogP contribution in [-0.2, 0) is 0 Å². The van der Waals surface area contributed by atoms with Crippen molar-refractivity contribution in [2.75, 3.05) is 0 Å². The maximum Gasteiger partial charge on any atom is 0.162 e. The molecule has 0 spiro atoms. The number of rotatable bonds is 5. The van der Waals surface area contributed by atoms with Crippen molar-refractivity contribution in [3.05, 3.63) is 145 Å². The Labute approximate surface area is 204 Å². The smallest absolute Gasteiger partial charge is 0.162 e. The fourth-order valence-corrected chi connectivity index (χ4v) is 4.33. The summed E-state index contributed by atoms with van der Waals surface area (Å²) in [5, 5.41) is 0. The van der Waals surface area contributed by atoms with E-state index in [9.17, 15) is 0 Å². The van der Waals surface area contributed by atoms with E-state index in [4.69, 9.17) is 9.98 Å². The Balaban J connectivity index is 1.52. The van der Waals surface area contributed by atoms with Crippen LogP contribution in [0.15, 0.2) is 143 Å². The second kappa shape index (κ2) is 9.24. The molecule has 0 unspecified atom stereocenters. The van der Waals surface area contributed by atoms with E-state index in [2.05, 4.69) is 77.8 Å². The van der Waals surface area contributed by atoms with Crippen molar-refractivity contribution in [1.29, 1.82) is 0 Å². The standard InChI is InChI=1S/C32H23N3/c1-5-13-23(14-6-1)27-21-29(25-17-9-3-10-18-25)33-31(27)35-32-28(24-15-7-2-8-16-24)22-30(34-32)26-19-11-4-12-20-26/h1-22,33H/b35-32-/i33+1,34+1. The average Bonchev–Trinajstić information content (AvgIpc) is 3.56. The minimum absolute atomic E-state index is 0.702. The molecule has 1 aromatic heterocycles. The van der Waals surface area contributed by atoms with E-state index in [1.54, 1.807) is 0 Å². The van der Waals surface area contributed by atoms with E-state index in [0.717, 1.165) is 50.6 Å². The van der Waals surface area contributed by atoms with Crippen molar-refractivity contribution >= 4 is 22.9 Å². The molecule has 166 valence electrons. The number of aromatic amines is 1. The summed E-state index contributed by atoms with van der Waals surface area (Å²) < 4.78 is 0. The Morgan fingerprint density at radius 1 is 0.543 bits per heavy atom. The van der Waals surface area contributed by atoms with Gasteiger partial charge in [-0.05, 0) is 28.8 Å². The first-order valence-electron chi connectivity index (χ1n) is 11.7. The normalized spacial score (nSPS) is 14.1. The van der Waals surface area contributed by atoms with Crippen LogP contribution in [0, 0.1) is 0 Å². The zero-order chi connectivity index (χ0) is 23.5. The zero-order valence-electron chi connectivity index (χ0n) is 19.1. The highest BCUT2D eigenvalue weighted by atomic mass is 15.6. The highest BCUT2D eigenvalue weighted by Crippen LogP contribution is 2.36. The van der Waals surface area contributed by atoms with Crippen molar-refractivity contribution in [1.82, 2.24) is 4.98 Å². The van der Waals surface area contributed by atoms with Gasteiger partial charge in [-0.15, -0.1) is 0 Å². The molecule has 4 aromatic carbocycles. The molecule has 1 aliphatic heterocycles. The molecule has 0 saturated carbocycles. The minimum atomic E-state index is 0.702. The van der Waals surface area contributed by atoms with Gasteiger partial charge in [0.1, 0.15) is 5.82 Å². The molecular weight excluding hydrogens is 428 g/mol. The summed E-state index contributed by atoms with van der Waals surface area (Å²) in [5.74, 6) is 1.50. The van der Waals surface area contributed by atoms with E-state index in [-0.39, 0.29) is 0 Å². The van der Waals surface area contributed by atoms with E-state index < -0.39 is 0 Å². The molecule has 35 heavy (non-hydrogen) atoms. The highest BCUT2D eigenvalue weighted by Gasteiger charge is 2.20. The van der Waals surface area contributed by atoms with Gasteiger partial charge in [0, 0.05) is 22.4 Å². The van der Waals surface area contributed by atoms with Crippen LogP contribution >= 0.6 is 0 Å². The number of hydrogen-bond donors (Lipinski definition) is 1. The molecule has 1 N–H and O–H groups in total. The largest absolute Gasteiger partial charge is 0.339 e. The molecule has 3 heteroatoms. The van der Waals surface area contributed by atoms with Crippen LogP contribution in [0.4, 0.5) is 5.82 Å². The number of hydrogen-bond acceptors (Lipinski definition) is 1. The third kappa shape index (κ3) is 4.28. The molecule has 3 nitrogen and oxygen atoms in total. The fourth-order valence-electron chi connectivity index (χ4n) is 4.33. The van der Waals surface area contributed by atoms with Crippen LogP contribution in [0.25, 0.3) is 28.0 Å². The Kier molecular flexibility index (Phi) is 5.50. The lowest BCUT2D eigenvalue weighted by atomic mass is 10.0. The Morgan fingerprint density at radius 3 is 1.66 bits per heavy atom. The lowest BCUT2D eigenvalue weighted by molar-refractivity contribution is 1.33. The van der Waals surface area contributed by atoms with Crippen molar-refractivity contribution in [3.8, 4) is 22.4 Å². The number of amidine groups is 1. The number of nitrogens with one attached hydrogen (secondary N) is 1. The van der Waals surface area contributed by atoms with Gasteiger partial charge in [-0.3, -0.25) is 0 Å². The van der Waals surface area contributed by atoms with Crippen molar-refractivity contribution in [2.24, 2.45) is 9.98 Å². The number of H-pyrrole nitrogens is 1. The average molecular weight is 452 g/mol. The van der Waals surface area contributed by atoms with Crippen LogP contribution in [-0.4, -0.2) is 16.5 Å². The van der Waals surface area contributed by atoms with Gasteiger partial charge in [0.25, 0.3) is 0 Å². The van der Waals surface area contributed by atoms with Crippen LogP contribution < -0.4 is 0 Å². The molecule has 0 fully saturated rings. The molecule has 0 radical (unpaired) electrons. The van der Waals surface area contributed by atoms with Gasteiger partial charge in [0.2, 0.25) is 0 Å². The SMILES string of the molecule is C1=C(c2ccccc2)/C(=N/c2[15nH]c(-c3ccccc3)cc2-c2ccccc2)[15N]=C1c1ccccc1. The zero-order valence-corrected chi connectivity index (χ0v) is 19.1. The quantitative estimate of drug-likeness (QED) is 0.263. The molecule has 0 bridgehead atoms. The second-order valence-corrected chi connectivity index (χ2v) is 8.40. The van der Waals surface area contributed by atoms with E-state index in [0.29, 0.717) is 5.84 Å². The Hall–Kier alpha value is -4.76. The van der Waals surface area contributed by atoms with Crippen LogP contribution in [0.5, 0.6) is 0 Å². The minimum Gasteiger partial charge on any atom is -0.339 e. The highest BCUT2D eigenvalue weighted by molar-refractivity contribution is 6.38. The number of aliphatic imine (C=N–C) groups is 2. The summed E-state index contributed by atoms with van der Waals surface area (Å²) in [5.41, 5.74) is 8.41. The molecular formula is C32H23N3. The maximum absolute atomic E-state index is 5.12. The van der Waals surface area contributed by atoms with Crippen molar-refractivity contribution in [2.45, 2.75) is 0 Å². The topological polar surface area (TPSA) is 40.5 Å². The third-order valence-electron chi connectivity index (χ3n) is 6.09. The summed E-state index contributed by atoms with van der Waals surface area (Å²) >= 11 is 0. The maximum atomic E-state index is 5.12. The summed E-state index contributed by atoms with van der Waals surface area (Å²) in [6.45, 7) is 0. The second-order valence-electron chi connectivity index (χ2n) is 8.40. The fraction of sp³-hybridized carbons (Fsp3) is 0. The lowest BCUT2D eigenvalue weighted by Crippen LogP contribution is -1.95. The van der Waals surface area contributed by atoms with Gasteiger partial charge in [-0.25, -0.2) is 9.98 Å². The summed E-state index contributed by atoms with van der Waals surface area (Å²) in [7, 11) is 0. The first kappa shape index (κ1) is 20.8. The van der Waals surface area contributed by atoms with Crippen LogP contribution in [0.1, 0.15) is 11.1 Å². The predicted molar refractivity (Wildman–Crippen MR) is 146 cm³/mol. The molecule has 0 aliphatic carbocycles. The van der Waals surface area contributed by atoms with Gasteiger partial charge in [-0.1, -0.05) is 121 Å². The van der Waals surface area contributed by atoms with Crippen LogP contribution in [0.2, 0.25) is 0 Å². The predicted octanol–water partition coefficient (Wildman–Crippen LogP) is 7.97. The van der Waals surface area contributed by atoms with Crippen molar-refractivity contribution in [3.63, 3.8) is 0 Å². The monoisotopic (exact) mass is 451 g/mol. The lowest BCUT2D eigenvalue weighted by Gasteiger charge is -2.04. The molecule has 0 atom stereocenters. The molecule has 0 amide bonds. The molecule has 0 saturated heterocycles. The van der Waals surface area contributed by atoms with Gasteiger partial charge in [-0.2, -0.15) is 0 Å². The number of aromatic nitrogens is 1. The van der Waals surface area contributed by atoms with Gasteiger partial charge in [0.15, 0.2) is 5.84 Å². The number of allylic oxidation sites excluding steroid dienone is 1. The Morgan fingerprint density at radius 2 is 1.06 bits per heavy atom. The summed E-state index contributed by atoms with van der Waals surface area (Å²) in [6.07, 6.45) is 2.13. The van der Waals surface area contributed by atoms with E-state index in [1.165, 1.54) is 0 Å².